The summed E-state index contributed by atoms with van der Waals surface area (Å²) >= 11 is 0. The monoisotopic (exact) mass is 200 g/mol. The van der Waals surface area contributed by atoms with Crippen LogP contribution >= 0.6 is 0 Å². The number of nitrogens with zero attached hydrogens (tertiary/aromatic N) is 2. The molecule has 1 aliphatic heterocycles. The minimum atomic E-state index is -0.275. The SMILES string of the molecule is CCC(=O)N1CCN(CC(C)O)CC1. The van der Waals surface area contributed by atoms with Crippen LogP contribution in [-0.2, 0) is 4.79 Å². The smallest absolute Gasteiger partial charge is 0.222 e. The molecule has 1 atom stereocenters. The van der Waals surface area contributed by atoms with Crippen LogP contribution in [0.5, 0.6) is 0 Å². The molecule has 0 radical (unpaired) electrons. The van der Waals surface area contributed by atoms with E-state index in [9.17, 15) is 9.90 Å². The summed E-state index contributed by atoms with van der Waals surface area (Å²) < 4.78 is 0. The largest absolute Gasteiger partial charge is 0.392 e. The predicted molar refractivity (Wildman–Crippen MR) is 55.0 cm³/mol. The maximum Gasteiger partial charge on any atom is 0.222 e. The molecule has 1 saturated heterocycles. The first-order valence-corrected chi connectivity index (χ1v) is 5.31. The number of carbonyl (C=O) groups excluding carboxylic acids is 1. The third kappa shape index (κ3) is 3.27. The van der Waals surface area contributed by atoms with Crippen LogP contribution in [0.1, 0.15) is 20.3 Å². The van der Waals surface area contributed by atoms with Crippen LogP contribution in [0.25, 0.3) is 0 Å². The molecule has 14 heavy (non-hydrogen) atoms. The van der Waals surface area contributed by atoms with Crippen LogP contribution in [0.15, 0.2) is 0 Å². The second-order valence-corrected chi connectivity index (χ2v) is 3.88. The Morgan fingerprint density at radius 3 is 2.36 bits per heavy atom. The van der Waals surface area contributed by atoms with E-state index in [1.165, 1.54) is 0 Å². The fourth-order valence-corrected chi connectivity index (χ4v) is 1.78. The highest BCUT2D eigenvalue weighted by Crippen LogP contribution is 2.04. The van der Waals surface area contributed by atoms with E-state index in [1.807, 2.05) is 11.8 Å². The molecular formula is C10H20N2O2. The molecule has 1 heterocycles. The van der Waals surface area contributed by atoms with Gasteiger partial charge in [0.15, 0.2) is 0 Å². The lowest BCUT2D eigenvalue weighted by atomic mass is 10.2. The van der Waals surface area contributed by atoms with Gasteiger partial charge in [0.25, 0.3) is 0 Å². The van der Waals surface area contributed by atoms with E-state index in [0.29, 0.717) is 13.0 Å². The number of aliphatic hydroxyl groups is 1. The Balaban J connectivity index is 2.27. The highest BCUT2D eigenvalue weighted by atomic mass is 16.3. The molecule has 1 aliphatic rings. The molecule has 82 valence electrons. The second-order valence-electron chi connectivity index (χ2n) is 3.88. The van der Waals surface area contributed by atoms with Crippen molar-refractivity contribution >= 4 is 5.91 Å². The molecule has 0 spiro atoms. The Morgan fingerprint density at radius 1 is 1.36 bits per heavy atom. The van der Waals surface area contributed by atoms with E-state index in [1.54, 1.807) is 6.92 Å². The van der Waals surface area contributed by atoms with Gasteiger partial charge in [-0.3, -0.25) is 9.69 Å². The fraction of sp³-hybridized carbons (Fsp3) is 0.900. The van der Waals surface area contributed by atoms with Gasteiger partial charge in [0.1, 0.15) is 0 Å². The average molecular weight is 200 g/mol. The highest BCUT2D eigenvalue weighted by Gasteiger charge is 2.20. The summed E-state index contributed by atoms with van der Waals surface area (Å²) in [5.41, 5.74) is 0. The third-order valence-corrected chi connectivity index (χ3v) is 2.55. The fourth-order valence-electron chi connectivity index (χ4n) is 1.78. The Morgan fingerprint density at radius 2 is 1.93 bits per heavy atom. The molecular weight excluding hydrogens is 180 g/mol. The van der Waals surface area contributed by atoms with Gasteiger partial charge in [-0.05, 0) is 6.92 Å². The molecule has 0 bridgehead atoms. The summed E-state index contributed by atoms with van der Waals surface area (Å²) in [6, 6.07) is 0. The molecule has 0 aromatic rings. The summed E-state index contributed by atoms with van der Waals surface area (Å²) in [5, 5.41) is 9.20. The summed E-state index contributed by atoms with van der Waals surface area (Å²) in [7, 11) is 0. The second kappa shape index (κ2) is 5.32. The Bertz CT molecular complexity index is 187. The summed E-state index contributed by atoms with van der Waals surface area (Å²) in [4.78, 5) is 15.5. The lowest BCUT2D eigenvalue weighted by Crippen LogP contribution is -2.50. The molecule has 0 aliphatic carbocycles. The highest BCUT2D eigenvalue weighted by molar-refractivity contribution is 5.75. The molecule has 1 amide bonds. The summed E-state index contributed by atoms with van der Waals surface area (Å²) in [5.74, 6) is 0.238. The van der Waals surface area contributed by atoms with Gasteiger partial charge < -0.3 is 10.0 Å². The first-order chi connectivity index (χ1) is 6.63. The zero-order chi connectivity index (χ0) is 10.6. The Kier molecular flexibility index (Phi) is 4.35. The molecule has 1 unspecified atom stereocenters. The first-order valence-electron chi connectivity index (χ1n) is 5.31. The van der Waals surface area contributed by atoms with Gasteiger partial charge in [0.05, 0.1) is 6.10 Å². The van der Waals surface area contributed by atoms with Crippen molar-refractivity contribution in [2.75, 3.05) is 32.7 Å². The molecule has 1 rings (SSSR count). The molecule has 0 saturated carbocycles. The topological polar surface area (TPSA) is 43.8 Å². The lowest BCUT2D eigenvalue weighted by Gasteiger charge is -2.35. The van der Waals surface area contributed by atoms with Crippen LogP contribution in [0, 0.1) is 0 Å². The van der Waals surface area contributed by atoms with Gasteiger partial charge in [-0.15, -0.1) is 0 Å². The van der Waals surface area contributed by atoms with Crippen molar-refractivity contribution in [3.05, 3.63) is 0 Å². The van der Waals surface area contributed by atoms with Gasteiger partial charge in [-0.2, -0.15) is 0 Å². The maximum absolute atomic E-state index is 11.4. The number of amides is 1. The number of hydrogen-bond acceptors (Lipinski definition) is 3. The van der Waals surface area contributed by atoms with Crippen molar-refractivity contribution in [1.82, 2.24) is 9.80 Å². The van der Waals surface area contributed by atoms with Crippen molar-refractivity contribution in [3.8, 4) is 0 Å². The Labute approximate surface area is 85.5 Å². The number of rotatable bonds is 3. The lowest BCUT2D eigenvalue weighted by molar-refractivity contribution is -0.132. The van der Waals surface area contributed by atoms with Crippen molar-refractivity contribution in [2.24, 2.45) is 0 Å². The zero-order valence-electron chi connectivity index (χ0n) is 9.07. The summed E-state index contributed by atoms with van der Waals surface area (Å²) in [6.07, 6.45) is 0.319. The third-order valence-electron chi connectivity index (χ3n) is 2.55. The maximum atomic E-state index is 11.4. The molecule has 1 N–H and O–H groups in total. The standard InChI is InChI=1S/C10H20N2O2/c1-3-10(14)12-6-4-11(5-7-12)8-9(2)13/h9,13H,3-8H2,1-2H3. The number of β-amino-alcohol motifs (C(OH)–C–C–N with tert-alkyl or cyclic N) is 1. The van der Waals surface area contributed by atoms with Gasteiger partial charge in [-0.25, -0.2) is 0 Å². The van der Waals surface area contributed by atoms with Crippen molar-refractivity contribution in [2.45, 2.75) is 26.4 Å². The molecule has 0 aromatic heterocycles. The minimum absolute atomic E-state index is 0.238. The van der Waals surface area contributed by atoms with E-state index in [0.717, 1.165) is 26.2 Å². The van der Waals surface area contributed by atoms with Crippen LogP contribution in [0.3, 0.4) is 0 Å². The molecule has 4 heteroatoms. The van der Waals surface area contributed by atoms with E-state index < -0.39 is 0 Å². The van der Waals surface area contributed by atoms with Crippen LogP contribution in [-0.4, -0.2) is 59.6 Å². The first kappa shape index (κ1) is 11.5. The van der Waals surface area contributed by atoms with Crippen LogP contribution in [0.2, 0.25) is 0 Å². The normalized spacial score (nSPS) is 20.9. The summed E-state index contributed by atoms with van der Waals surface area (Å²) in [6.45, 7) is 7.79. The van der Waals surface area contributed by atoms with E-state index in [-0.39, 0.29) is 12.0 Å². The van der Waals surface area contributed by atoms with E-state index >= 15 is 0 Å². The predicted octanol–water partition coefficient (Wildman–Crippen LogP) is -0.0786. The Hall–Kier alpha value is -0.610. The van der Waals surface area contributed by atoms with Gasteiger partial charge >= 0.3 is 0 Å². The van der Waals surface area contributed by atoms with Gasteiger partial charge in [0, 0.05) is 39.1 Å². The zero-order valence-corrected chi connectivity index (χ0v) is 9.07. The van der Waals surface area contributed by atoms with E-state index in [2.05, 4.69) is 4.90 Å². The van der Waals surface area contributed by atoms with E-state index in [4.69, 9.17) is 0 Å². The van der Waals surface area contributed by atoms with Crippen LogP contribution < -0.4 is 0 Å². The minimum Gasteiger partial charge on any atom is -0.392 e. The molecule has 4 nitrogen and oxygen atoms in total. The van der Waals surface area contributed by atoms with Crippen molar-refractivity contribution in [1.29, 1.82) is 0 Å². The molecule has 0 aromatic carbocycles. The van der Waals surface area contributed by atoms with Crippen molar-refractivity contribution < 1.29 is 9.90 Å². The van der Waals surface area contributed by atoms with Crippen LogP contribution in [0.4, 0.5) is 0 Å². The number of hydrogen-bond donors (Lipinski definition) is 1. The van der Waals surface area contributed by atoms with Gasteiger partial charge in [0.2, 0.25) is 5.91 Å². The average Bonchev–Trinajstić information content (AvgIpc) is 2.17. The van der Waals surface area contributed by atoms with Gasteiger partial charge in [-0.1, -0.05) is 6.92 Å². The molecule has 1 fully saturated rings. The number of carbonyl (C=O) groups is 1. The number of aliphatic hydroxyl groups excluding tert-OH is 1. The van der Waals surface area contributed by atoms with Crippen molar-refractivity contribution in [3.63, 3.8) is 0 Å². The number of piperazine rings is 1. The quantitative estimate of drug-likeness (QED) is 0.693.